The van der Waals surface area contributed by atoms with Gasteiger partial charge in [0.15, 0.2) is 0 Å². The van der Waals surface area contributed by atoms with Crippen LogP contribution >= 0.6 is 21.6 Å². The van der Waals surface area contributed by atoms with E-state index in [9.17, 15) is 9.59 Å². The van der Waals surface area contributed by atoms with Crippen LogP contribution in [0.1, 0.15) is 20.7 Å². The first-order valence-electron chi connectivity index (χ1n) is 6.62. The average molecular weight is 354 g/mol. The molecule has 0 saturated heterocycles. The molecule has 0 saturated carbocycles. The summed E-state index contributed by atoms with van der Waals surface area (Å²) < 4.78 is 9.53. The van der Waals surface area contributed by atoms with Crippen LogP contribution in [0.4, 0.5) is 0 Å². The topological polar surface area (TPSA) is 52.6 Å². The van der Waals surface area contributed by atoms with Crippen LogP contribution in [-0.4, -0.2) is 11.9 Å². The third-order valence-electron chi connectivity index (χ3n) is 2.51. The minimum atomic E-state index is -0.517. The van der Waals surface area contributed by atoms with E-state index in [1.54, 1.807) is 60.7 Å². The van der Waals surface area contributed by atoms with E-state index in [1.807, 2.05) is 0 Å². The number of benzene rings is 2. The van der Waals surface area contributed by atoms with Gasteiger partial charge in [-0.3, -0.25) is 0 Å². The largest absolute Gasteiger partial charge is 0.368 e. The summed E-state index contributed by atoms with van der Waals surface area (Å²) in [5.41, 5.74) is 0.856. The molecule has 2 aromatic rings. The van der Waals surface area contributed by atoms with E-state index in [2.05, 4.69) is 22.7 Å². The normalized spacial score (nSPS) is 8.83. The number of hydrogen-bond acceptors (Lipinski definition) is 6. The second-order valence-corrected chi connectivity index (χ2v) is 5.83. The molecule has 0 heterocycles. The molecule has 0 aliphatic carbocycles. The van der Waals surface area contributed by atoms with Crippen molar-refractivity contribution in [3.63, 3.8) is 0 Å². The van der Waals surface area contributed by atoms with Gasteiger partial charge < -0.3 is 9.47 Å². The quantitative estimate of drug-likeness (QED) is 0.360. The molecule has 2 rings (SSSR count). The number of ether oxygens (including phenoxy) is 2. The van der Waals surface area contributed by atoms with Crippen LogP contribution in [0.25, 0.3) is 0 Å². The summed E-state index contributed by atoms with van der Waals surface area (Å²) in [6, 6.07) is 17.1. The molecule has 0 atom stereocenters. The Labute approximate surface area is 147 Å². The molecule has 0 amide bonds. The first-order chi connectivity index (χ1) is 11.8. The van der Waals surface area contributed by atoms with Crippen LogP contribution < -0.4 is 0 Å². The van der Waals surface area contributed by atoms with Crippen molar-refractivity contribution in [2.24, 2.45) is 0 Å². The molecule has 0 spiro atoms. The van der Waals surface area contributed by atoms with Gasteiger partial charge in [-0.2, -0.15) is 0 Å². The number of carbonyl (C=O) groups excluding carboxylic acids is 2. The predicted molar refractivity (Wildman–Crippen MR) is 94.4 cm³/mol. The van der Waals surface area contributed by atoms with Crippen LogP contribution in [0.15, 0.2) is 60.7 Å². The highest BCUT2D eigenvalue weighted by molar-refractivity contribution is 8.80. The molecule has 0 unspecified atom stereocenters. The van der Waals surface area contributed by atoms with Crippen molar-refractivity contribution in [1.82, 2.24) is 0 Å². The Morgan fingerprint density at radius 2 is 1.04 bits per heavy atom. The highest BCUT2D eigenvalue weighted by Crippen LogP contribution is 2.17. The zero-order valence-electron chi connectivity index (χ0n) is 12.2. The average Bonchev–Trinajstić information content (AvgIpc) is 2.65. The molecular weight excluding hydrogens is 344 g/mol. The molecule has 2 aromatic carbocycles. The van der Waals surface area contributed by atoms with E-state index >= 15 is 0 Å². The van der Waals surface area contributed by atoms with Gasteiger partial charge in [0.2, 0.25) is 0 Å². The second kappa shape index (κ2) is 10.1. The fraction of sp³-hybridized carbons (Fsp3) is 0. The van der Waals surface area contributed by atoms with Gasteiger partial charge in [-0.15, -0.1) is 0 Å². The van der Waals surface area contributed by atoms with Crippen molar-refractivity contribution >= 4 is 33.5 Å². The van der Waals surface area contributed by atoms with Gasteiger partial charge in [0.25, 0.3) is 0 Å². The molecule has 0 bridgehead atoms. The van der Waals surface area contributed by atoms with E-state index < -0.39 is 11.9 Å². The van der Waals surface area contributed by atoms with Crippen molar-refractivity contribution in [2.45, 2.75) is 0 Å². The van der Waals surface area contributed by atoms with Crippen molar-refractivity contribution in [3.05, 3.63) is 71.8 Å². The fourth-order valence-electron chi connectivity index (χ4n) is 1.48. The van der Waals surface area contributed by atoms with Gasteiger partial charge in [-0.1, -0.05) is 36.4 Å². The van der Waals surface area contributed by atoms with E-state index in [0.29, 0.717) is 11.1 Å². The molecule has 6 heteroatoms. The molecule has 0 aliphatic heterocycles. The monoisotopic (exact) mass is 354 g/mol. The molecule has 0 aliphatic rings. The Kier molecular flexibility index (Phi) is 7.36. The van der Waals surface area contributed by atoms with Crippen LogP contribution in [0.2, 0.25) is 0 Å². The number of carbonyl (C=O) groups is 2. The zero-order chi connectivity index (χ0) is 17.0. The van der Waals surface area contributed by atoms with Crippen molar-refractivity contribution in [3.8, 4) is 22.7 Å². The first kappa shape index (κ1) is 17.6. The van der Waals surface area contributed by atoms with Crippen molar-refractivity contribution in [1.29, 1.82) is 0 Å². The summed E-state index contributed by atoms with van der Waals surface area (Å²) in [6.45, 7) is 0. The van der Waals surface area contributed by atoms with Gasteiger partial charge in [-0.25, -0.2) is 9.59 Å². The maximum absolute atomic E-state index is 11.6. The zero-order valence-corrected chi connectivity index (χ0v) is 13.9. The smallest absolute Gasteiger partial charge is 0.352 e. The Morgan fingerprint density at radius 3 is 1.42 bits per heavy atom. The first-order valence-corrected chi connectivity index (χ1v) is 8.77. The van der Waals surface area contributed by atoms with Gasteiger partial charge in [-0.05, 0) is 24.3 Å². The number of rotatable bonds is 3. The molecule has 0 radical (unpaired) electrons. The van der Waals surface area contributed by atoms with E-state index in [4.69, 9.17) is 9.47 Å². The van der Waals surface area contributed by atoms with E-state index in [-0.39, 0.29) is 0 Å². The van der Waals surface area contributed by atoms with Crippen LogP contribution in [0.5, 0.6) is 0 Å². The van der Waals surface area contributed by atoms with Crippen molar-refractivity contribution < 1.29 is 19.1 Å². The SMILES string of the molecule is O=C(OC#CSSC#COC(=O)c1ccccc1)c1ccccc1. The standard InChI is InChI=1S/C18H10O4S2/c19-17(15-7-3-1-4-8-15)21-11-13-23-24-14-12-22-18(20)16-9-5-2-6-10-16/h1-10H. The van der Waals surface area contributed by atoms with Gasteiger partial charge in [0.05, 0.1) is 11.1 Å². The predicted octanol–water partition coefficient (Wildman–Crippen LogP) is 3.92. The Hall–Kier alpha value is -2.80. The van der Waals surface area contributed by atoms with Crippen LogP contribution in [0.3, 0.4) is 0 Å². The lowest BCUT2D eigenvalue weighted by Crippen LogP contribution is -1.99. The lowest BCUT2D eigenvalue weighted by Gasteiger charge is -1.94. The Morgan fingerprint density at radius 1 is 0.667 bits per heavy atom. The summed E-state index contributed by atoms with van der Waals surface area (Å²) in [4.78, 5) is 23.1. The lowest BCUT2D eigenvalue weighted by atomic mass is 10.2. The number of hydrogen-bond donors (Lipinski definition) is 0. The molecule has 0 N–H and O–H groups in total. The fourth-order valence-corrected chi connectivity index (χ4v) is 2.17. The number of esters is 2. The highest BCUT2D eigenvalue weighted by Gasteiger charge is 2.04. The van der Waals surface area contributed by atoms with Gasteiger partial charge in [0, 0.05) is 32.1 Å². The maximum Gasteiger partial charge on any atom is 0.352 e. The van der Waals surface area contributed by atoms with Crippen molar-refractivity contribution in [2.75, 3.05) is 0 Å². The molecule has 0 fully saturated rings. The molecule has 4 nitrogen and oxygen atoms in total. The lowest BCUT2D eigenvalue weighted by molar-refractivity contribution is 0.0681. The second-order valence-electron chi connectivity index (χ2n) is 4.09. The third-order valence-corrected chi connectivity index (χ3v) is 3.68. The summed E-state index contributed by atoms with van der Waals surface area (Å²) in [5.74, 6) is -1.03. The Bertz CT molecular complexity index is 741. The molecule has 118 valence electrons. The molecular formula is C18H10O4S2. The van der Waals surface area contributed by atoms with Crippen LogP contribution in [0, 0.1) is 22.7 Å². The molecule has 0 aromatic heterocycles. The summed E-state index contributed by atoms with van der Waals surface area (Å²) >= 11 is 0. The van der Waals surface area contributed by atoms with E-state index in [1.165, 1.54) is 0 Å². The molecule has 24 heavy (non-hydrogen) atoms. The Balaban J connectivity index is 1.67. The van der Waals surface area contributed by atoms with Gasteiger partial charge in [0.1, 0.15) is 12.2 Å². The minimum absolute atomic E-state index is 0.428. The third kappa shape index (κ3) is 6.13. The maximum atomic E-state index is 11.6. The van der Waals surface area contributed by atoms with Gasteiger partial charge >= 0.3 is 11.9 Å². The highest BCUT2D eigenvalue weighted by atomic mass is 33.1. The van der Waals surface area contributed by atoms with E-state index in [0.717, 1.165) is 21.6 Å². The summed E-state index contributed by atoms with van der Waals surface area (Å²) in [7, 11) is 2.10. The van der Waals surface area contributed by atoms with Crippen LogP contribution in [-0.2, 0) is 9.47 Å². The minimum Gasteiger partial charge on any atom is -0.368 e. The summed E-state index contributed by atoms with van der Waals surface area (Å²) in [6.07, 6.45) is 4.55. The summed E-state index contributed by atoms with van der Waals surface area (Å²) in [5, 5.41) is 5.10.